The van der Waals surface area contributed by atoms with Gasteiger partial charge in [0.25, 0.3) is 0 Å². The van der Waals surface area contributed by atoms with Crippen molar-refractivity contribution in [1.82, 2.24) is 4.98 Å². The largest absolute Gasteiger partial charge is 0.380 e. The highest BCUT2D eigenvalue weighted by Crippen LogP contribution is 2.24. The zero-order chi connectivity index (χ0) is 9.97. The molecule has 1 aromatic heterocycles. The van der Waals surface area contributed by atoms with E-state index in [-0.39, 0.29) is 0 Å². The molecule has 0 N–H and O–H groups in total. The highest BCUT2D eigenvalue weighted by Gasteiger charge is 2.04. The topological polar surface area (TPSA) is 22.1 Å². The first kappa shape index (κ1) is 9.44. The van der Waals surface area contributed by atoms with Crippen molar-refractivity contribution in [2.75, 3.05) is 7.11 Å². The molecule has 0 bridgehead atoms. The summed E-state index contributed by atoms with van der Waals surface area (Å²) in [5.74, 6) is 0. The molecule has 0 amide bonds. The maximum atomic E-state index is 6.05. The lowest BCUT2D eigenvalue weighted by molar-refractivity contribution is 0.186. The molecule has 0 fully saturated rings. The predicted octanol–water partition coefficient (Wildman–Crippen LogP) is 3.03. The van der Waals surface area contributed by atoms with Gasteiger partial charge in [-0.2, -0.15) is 0 Å². The first-order chi connectivity index (χ1) is 6.83. The molecule has 0 spiro atoms. The van der Waals surface area contributed by atoms with Crippen molar-refractivity contribution in [2.24, 2.45) is 0 Å². The molecule has 0 aliphatic rings. The van der Waals surface area contributed by atoms with Crippen molar-refractivity contribution in [2.45, 2.75) is 6.61 Å². The number of aromatic nitrogens is 1. The van der Waals surface area contributed by atoms with Crippen LogP contribution in [-0.4, -0.2) is 12.1 Å². The lowest BCUT2D eigenvalue weighted by Gasteiger charge is -2.05. The molecule has 0 unspecified atom stereocenters. The highest BCUT2D eigenvalue weighted by molar-refractivity contribution is 6.35. The molecule has 2 nitrogen and oxygen atoms in total. The number of methoxy groups -OCH3 is 1. The van der Waals surface area contributed by atoms with E-state index in [0.717, 1.165) is 21.5 Å². The Morgan fingerprint density at radius 3 is 3.00 bits per heavy atom. The lowest BCUT2D eigenvalue weighted by atomic mass is 10.1. The Morgan fingerprint density at radius 1 is 1.36 bits per heavy atom. The summed E-state index contributed by atoms with van der Waals surface area (Å²) in [6.07, 6.45) is 1.76. The van der Waals surface area contributed by atoms with Crippen LogP contribution < -0.4 is 0 Å². The fourth-order valence-electron chi connectivity index (χ4n) is 1.47. The van der Waals surface area contributed by atoms with Crippen molar-refractivity contribution in [3.8, 4) is 0 Å². The van der Waals surface area contributed by atoms with Gasteiger partial charge >= 0.3 is 0 Å². The minimum absolute atomic E-state index is 0.560. The molecule has 72 valence electrons. The molecular weight excluding hydrogens is 198 g/mol. The Balaban J connectivity index is 2.68. The fraction of sp³-hybridized carbons (Fsp3) is 0.182. The van der Waals surface area contributed by atoms with Crippen molar-refractivity contribution >= 4 is 22.5 Å². The van der Waals surface area contributed by atoms with E-state index in [0.29, 0.717) is 6.61 Å². The van der Waals surface area contributed by atoms with E-state index in [9.17, 15) is 0 Å². The number of rotatable bonds is 2. The van der Waals surface area contributed by atoms with Crippen LogP contribution in [0, 0.1) is 0 Å². The molecule has 14 heavy (non-hydrogen) atoms. The van der Waals surface area contributed by atoms with E-state index in [4.69, 9.17) is 16.3 Å². The minimum atomic E-state index is 0.560. The third-order valence-corrected chi connectivity index (χ3v) is 2.43. The van der Waals surface area contributed by atoms with Gasteiger partial charge in [-0.05, 0) is 18.2 Å². The molecule has 0 aliphatic carbocycles. The monoisotopic (exact) mass is 207 g/mol. The molecule has 0 radical (unpaired) electrons. The van der Waals surface area contributed by atoms with Gasteiger partial charge in [0.05, 0.1) is 12.1 Å². The summed E-state index contributed by atoms with van der Waals surface area (Å²) in [7, 11) is 1.67. The summed E-state index contributed by atoms with van der Waals surface area (Å²) in [6, 6.07) is 7.66. The molecule has 0 aliphatic heterocycles. The van der Waals surface area contributed by atoms with Crippen LogP contribution in [0.4, 0.5) is 0 Å². The van der Waals surface area contributed by atoms with Gasteiger partial charge in [-0.1, -0.05) is 17.7 Å². The molecule has 3 heteroatoms. The third-order valence-electron chi connectivity index (χ3n) is 2.10. The zero-order valence-electron chi connectivity index (χ0n) is 7.83. The number of benzene rings is 1. The summed E-state index contributed by atoms with van der Waals surface area (Å²) in [5, 5.41) is 1.71. The van der Waals surface area contributed by atoms with Crippen LogP contribution in [-0.2, 0) is 11.3 Å². The van der Waals surface area contributed by atoms with Gasteiger partial charge < -0.3 is 4.74 Å². The fourth-order valence-corrected chi connectivity index (χ4v) is 1.68. The number of hydrogen-bond acceptors (Lipinski definition) is 2. The smallest absolute Gasteiger partial charge is 0.0772 e. The maximum Gasteiger partial charge on any atom is 0.0772 e. The summed E-state index contributed by atoms with van der Waals surface area (Å²) < 4.78 is 5.09. The van der Waals surface area contributed by atoms with Crippen molar-refractivity contribution in [3.05, 3.63) is 41.0 Å². The Morgan fingerprint density at radius 2 is 2.21 bits per heavy atom. The van der Waals surface area contributed by atoms with Gasteiger partial charge in [-0.3, -0.25) is 4.98 Å². The average molecular weight is 208 g/mol. The molecule has 2 rings (SSSR count). The van der Waals surface area contributed by atoms with Crippen molar-refractivity contribution < 1.29 is 4.74 Å². The van der Waals surface area contributed by atoms with E-state index in [1.54, 1.807) is 13.3 Å². The summed E-state index contributed by atoms with van der Waals surface area (Å²) in [5.41, 5.74) is 1.98. The summed E-state index contributed by atoms with van der Waals surface area (Å²) >= 11 is 6.05. The van der Waals surface area contributed by atoms with Crippen LogP contribution in [0.5, 0.6) is 0 Å². The van der Waals surface area contributed by atoms with Crippen LogP contribution >= 0.6 is 11.6 Å². The van der Waals surface area contributed by atoms with E-state index < -0.39 is 0 Å². The lowest BCUT2D eigenvalue weighted by Crippen LogP contribution is -1.91. The SMILES string of the molecule is COCc1ccc(Cl)c2cccnc12. The summed E-state index contributed by atoms with van der Waals surface area (Å²) in [4.78, 5) is 4.30. The maximum absolute atomic E-state index is 6.05. The Bertz CT molecular complexity index is 456. The standard InChI is InChI=1S/C11H10ClNO/c1-14-7-8-4-5-10(12)9-3-2-6-13-11(8)9/h2-6H,7H2,1H3. The number of ether oxygens (including phenoxy) is 1. The number of pyridine rings is 1. The van der Waals surface area contributed by atoms with Crippen LogP contribution in [0.3, 0.4) is 0 Å². The van der Waals surface area contributed by atoms with Crippen molar-refractivity contribution in [1.29, 1.82) is 0 Å². The quantitative estimate of drug-likeness (QED) is 0.755. The van der Waals surface area contributed by atoms with Crippen LogP contribution in [0.15, 0.2) is 30.5 Å². The zero-order valence-corrected chi connectivity index (χ0v) is 8.58. The van der Waals surface area contributed by atoms with E-state index in [1.165, 1.54) is 0 Å². The molecule has 0 saturated carbocycles. The van der Waals surface area contributed by atoms with Crippen LogP contribution in [0.1, 0.15) is 5.56 Å². The molecule has 0 atom stereocenters. The first-order valence-corrected chi connectivity index (χ1v) is 4.72. The number of fused-ring (bicyclic) bond motifs is 1. The van der Waals surface area contributed by atoms with Crippen molar-refractivity contribution in [3.63, 3.8) is 0 Å². The van der Waals surface area contributed by atoms with Gasteiger partial charge in [0.2, 0.25) is 0 Å². The first-order valence-electron chi connectivity index (χ1n) is 4.34. The Hall–Kier alpha value is -1.12. The normalized spacial score (nSPS) is 10.7. The molecule has 1 heterocycles. The minimum Gasteiger partial charge on any atom is -0.380 e. The molecular formula is C11H10ClNO. The molecule has 0 saturated heterocycles. The van der Waals surface area contributed by atoms with Gasteiger partial charge in [0, 0.05) is 29.3 Å². The highest BCUT2D eigenvalue weighted by atomic mass is 35.5. The second-order valence-electron chi connectivity index (χ2n) is 3.04. The van der Waals surface area contributed by atoms with Crippen LogP contribution in [0.25, 0.3) is 10.9 Å². The van der Waals surface area contributed by atoms with Gasteiger partial charge in [0.1, 0.15) is 0 Å². The average Bonchev–Trinajstić information content (AvgIpc) is 2.23. The summed E-state index contributed by atoms with van der Waals surface area (Å²) in [6.45, 7) is 0.560. The number of halogens is 1. The Labute approximate surface area is 87.5 Å². The van der Waals surface area contributed by atoms with E-state index in [2.05, 4.69) is 4.98 Å². The number of hydrogen-bond donors (Lipinski definition) is 0. The van der Waals surface area contributed by atoms with Gasteiger partial charge in [-0.15, -0.1) is 0 Å². The Kier molecular flexibility index (Phi) is 2.66. The molecule has 2 aromatic rings. The third kappa shape index (κ3) is 1.59. The predicted molar refractivity (Wildman–Crippen MR) is 57.5 cm³/mol. The van der Waals surface area contributed by atoms with Gasteiger partial charge in [0.15, 0.2) is 0 Å². The van der Waals surface area contributed by atoms with Gasteiger partial charge in [-0.25, -0.2) is 0 Å². The van der Waals surface area contributed by atoms with Crippen LogP contribution in [0.2, 0.25) is 5.02 Å². The second-order valence-corrected chi connectivity index (χ2v) is 3.45. The molecule has 1 aromatic carbocycles. The number of nitrogens with zero attached hydrogens (tertiary/aromatic N) is 1. The van der Waals surface area contributed by atoms with E-state index in [1.807, 2.05) is 24.3 Å². The van der Waals surface area contributed by atoms with E-state index >= 15 is 0 Å². The second kappa shape index (κ2) is 3.95.